The summed E-state index contributed by atoms with van der Waals surface area (Å²) in [4.78, 5) is 14.7. The third-order valence-electron chi connectivity index (χ3n) is 2.45. The fourth-order valence-electron chi connectivity index (χ4n) is 1.50. The van der Waals surface area contributed by atoms with Gasteiger partial charge in [0.2, 0.25) is 0 Å². The Morgan fingerprint density at radius 1 is 1.27 bits per heavy atom. The Hall–Kier alpha value is -1.64. The Kier molecular flexibility index (Phi) is 2.11. The van der Waals surface area contributed by atoms with Crippen molar-refractivity contribution in [3.8, 4) is 0 Å². The Morgan fingerprint density at radius 3 is 2.67 bits per heavy atom. The molecule has 0 spiro atoms. The molecule has 3 heteroatoms. The minimum Gasteiger partial charge on any atom is -0.315 e. The summed E-state index contributed by atoms with van der Waals surface area (Å²) < 4.78 is 1.86. The van der Waals surface area contributed by atoms with Crippen LogP contribution in [-0.4, -0.2) is 4.98 Å². The monoisotopic (exact) mass is 203 g/mol. The number of H-pyrrole nitrogens is 1. The lowest BCUT2D eigenvalue weighted by Crippen LogP contribution is -2.33. The summed E-state index contributed by atoms with van der Waals surface area (Å²) in [7, 11) is 0. The number of nitrogens with zero attached hydrogens (tertiary/aromatic N) is 1. The van der Waals surface area contributed by atoms with Crippen LogP contribution in [-0.2, 0) is 5.41 Å². The zero-order valence-corrected chi connectivity index (χ0v) is 9.24. The van der Waals surface area contributed by atoms with Crippen molar-refractivity contribution < 1.29 is 4.40 Å². The first-order chi connectivity index (χ1) is 6.98. The smallest absolute Gasteiger partial charge is 0.315 e. The maximum Gasteiger partial charge on any atom is 0.320 e. The topological polar surface area (TPSA) is 37.0 Å². The van der Waals surface area contributed by atoms with Crippen molar-refractivity contribution in [3.63, 3.8) is 0 Å². The Balaban J connectivity index is 2.79. The summed E-state index contributed by atoms with van der Waals surface area (Å²) in [6, 6.07) is 5.59. The van der Waals surface area contributed by atoms with Crippen molar-refractivity contribution in [1.82, 2.24) is 4.98 Å². The van der Waals surface area contributed by atoms with Crippen LogP contribution in [0.2, 0.25) is 0 Å². The molecule has 78 valence electrons. The molecule has 15 heavy (non-hydrogen) atoms. The van der Waals surface area contributed by atoms with Crippen LogP contribution in [0, 0.1) is 0 Å². The Labute approximate surface area is 88.4 Å². The molecule has 0 aliphatic carbocycles. The Morgan fingerprint density at radius 2 is 2.00 bits per heavy atom. The molecule has 0 saturated heterocycles. The van der Waals surface area contributed by atoms with Crippen LogP contribution in [0.5, 0.6) is 0 Å². The van der Waals surface area contributed by atoms with Crippen molar-refractivity contribution in [3.05, 3.63) is 46.6 Å². The van der Waals surface area contributed by atoms with Crippen molar-refractivity contribution in [2.24, 2.45) is 0 Å². The number of nitrogens with one attached hydrogen (secondary N) is 1. The highest BCUT2D eigenvalue weighted by atomic mass is 16.1. The van der Waals surface area contributed by atoms with Crippen molar-refractivity contribution in [1.29, 1.82) is 0 Å². The van der Waals surface area contributed by atoms with Crippen LogP contribution < -0.4 is 9.96 Å². The molecule has 3 nitrogen and oxygen atoms in total. The molecule has 0 aliphatic heterocycles. The van der Waals surface area contributed by atoms with Crippen LogP contribution in [0.25, 0.3) is 5.52 Å². The van der Waals surface area contributed by atoms with E-state index in [4.69, 9.17) is 0 Å². The standard InChI is InChI=1S/C12H14N2O/c1-12(2,3)10-8-14-7-5-4-6-9(14)11(15)13-10/h4-8H,1-3H3/p+1. The molecule has 0 fully saturated rings. The maximum absolute atomic E-state index is 11.8. The highest BCUT2D eigenvalue weighted by Crippen LogP contribution is 2.17. The lowest BCUT2D eigenvalue weighted by molar-refractivity contribution is -0.514. The number of hydrogen-bond acceptors (Lipinski definition) is 1. The normalized spacial score (nSPS) is 11.9. The Bertz CT molecular complexity index is 549. The molecule has 1 N–H and O–H groups in total. The molecule has 0 aromatic carbocycles. The van der Waals surface area contributed by atoms with E-state index in [2.05, 4.69) is 25.8 Å². The van der Waals surface area contributed by atoms with Gasteiger partial charge in [0.15, 0.2) is 12.4 Å². The van der Waals surface area contributed by atoms with Crippen molar-refractivity contribution in [2.75, 3.05) is 0 Å². The molecule has 0 aliphatic rings. The van der Waals surface area contributed by atoms with E-state index in [1.807, 2.05) is 35.0 Å². The van der Waals surface area contributed by atoms with E-state index in [0.717, 1.165) is 5.69 Å². The molecule has 2 rings (SSSR count). The minimum atomic E-state index is -0.0454. The van der Waals surface area contributed by atoms with E-state index in [-0.39, 0.29) is 11.0 Å². The number of aromatic amines is 1. The second kappa shape index (κ2) is 3.19. The molecular weight excluding hydrogens is 188 g/mol. The maximum atomic E-state index is 11.8. The van der Waals surface area contributed by atoms with Crippen LogP contribution >= 0.6 is 0 Å². The fourth-order valence-corrected chi connectivity index (χ4v) is 1.50. The van der Waals surface area contributed by atoms with E-state index in [9.17, 15) is 4.79 Å². The fraction of sp³-hybridized carbons (Fsp3) is 0.333. The third kappa shape index (κ3) is 1.77. The summed E-state index contributed by atoms with van der Waals surface area (Å²) >= 11 is 0. The second-order valence-electron chi connectivity index (χ2n) is 4.74. The molecular formula is C12H15N2O+. The average molecular weight is 203 g/mol. The van der Waals surface area contributed by atoms with E-state index < -0.39 is 0 Å². The van der Waals surface area contributed by atoms with Gasteiger partial charge < -0.3 is 4.98 Å². The van der Waals surface area contributed by atoms with Gasteiger partial charge in [-0.05, 0) is 6.07 Å². The molecule has 0 unspecified atom stereocenters. The number of aromatic nitrogens is 2. The summed E-state index contributed by atoms with van der Waals surface area (Å²) in [5.41, 5.74) is 1.53. The van der Waals surface area contributed by atoms with E-state index >= 15 is 0 Å². The lowest BCUT2D eigenvalue weighted by Gasteiger charge is -2.15. The molecule has 2 aromatic heterocycles. The predicted octanol–water partition coefficient (Wildman–Crippen LogP) is 1.41. The number of pyridine rings is 1. The summed E-state index contributed by atoms with van der Waals surface area (Å²) in [6.45, 7) is 6.23. The van der Waals surface area contributed by atoms with Crippen molar-refractivity contribution >= 4 is 5.52 Å². The van der Waals surface area contributed by atoms with Gasteiger partial charge in [-0.1, -0.05) is 20.8 Å². The zero-order chi connectivity index (χ0) is 11.1. The van der Waals surface area contributed by atoms with Crippen molar-refractivity contribution in [2.45, 2.75) is 26.2 Å². The van der Waals surface area contributed by atoms with Gasteiger partial charge in [0.05, 0.1) is 5.69 Å². The SMILES string of the molecule is CC(C)(C)c1c[n+]2ccccc2c(=O)[nH]1. The van der Waals surface area contributed by atoms with Gasteiger partial charge in [0.25, 0.3) is 5.52 Å². The van der Waals surface area contributed by atoms with Crippen LogP contribution in [0.15, 0.2) is 35.4 Å². The number of rotatable bonds is 0. The molecule has 0 bridgehead atoms. The van der Waals surface area contributed by atoms with Crippen LogP contribution in [0.1, 0.15) is 26.5 Å². The van der Waals surface area contributed by atoms with Gasteiger partial charge in [-0.15, -0.1) is 0 Å². The van der Waals surface area contributed by atoms with E-state index in [1.54, 1.807) is 0 Å². The van der Waals surface area contributed by atoms with Gasteiger partial charge in [-0.2, -0.15) is 4.40 Å². The minimum absolute atomic E-state index is 0.0389. The lowest BCUT2D eigenvalue weighted by atomic mass is 9.93. The first-order valence-electron chi connectivity index (χ1n) is 5.02. The third-order valence-corrected chi connectivity index (χ3v) is 2.45. The van der Waals surface area contributed by atoms with Crippen LogP contribution in [0.3, 0.4) is 0 Å². The first kappa shape index (κ1) is 9.90. The first-order valence-corrected chi connectivity index (χ1v) is 5.02. The van der Waals surface area contributed by atoms with Crippen LogP contribution in [0.4, 0.5) is 0 Å². The molecule has 2 heterocycles. The number of hydrogen-bond donors (Lipinski definition) is 1. The predicted molar refractivity (Wildman–Crippen MR) is 58.9 cm³/mol. The second-order valence-corrected chi connectivity index (χ2v) is 4.74. The number of fused-ring (bicyclic) bond motifs is 1. The molecule has 2 aromatic rings. The molecule has 0 amide bonds. The highest BCUT2D eigenvalue weighted by Gasteiger charge is 2.19. The van der Waals surface area contributed by atoms with Gasteiger partial charge in [0, 0.05) is 17.5 Å². The highest BCUT2D eigenvalue weighted by molar-refractivity contribution is 5.35. The quantitative estimate of drug-likeness (QED) is 0.646. The summed E-state index contributed by atoms with van der Waals surface area (Å²) in [5.74, 6) is 0. The van der Waals surface area contributed by atoms with Gasteiger partial charge in [-0.3, -0.25) is 4.79 Å². The summed E-state index contributed by atoms with van der Waals surface area (Å²) in [5, 5.41) is 0. The average Bonchev–Trinajstić information content (AvgIpc) is 2.16. The van der Waals surface area contributed by atoms with Gasteiger partial charge >= 0.3 is 5.56 Å². The summed E-state index contributed by atoms with van der Waals surface area (Å²) in [6.07, 6.45) is 3.86. The van der Waals surface area contributed by atoms with E-state index in [1.165, 1.54) is 0 Å². The molecule has 0 radical (unpaired) electrons. The zero-order valence-electron chi connectivity index (χ0n) is 9.24. The van der Waals surface area contributed by atoms with E-state index in [0.29, 0.717) is 5.52 Å². The van der Waals surface area contributed by atoms with Gasteiger partial charge in [-0.25, -0.2) is 0 Å². The molecule has 0 saturated carbocycles. The van der Waals surface area contributed by atoms with Gasteiger partial charge in [0.1, 0.15) is 0 Å². The molecule has 0 atom stereocenters. The largest absolute Gasteiger partial charge is 0.320 e.